The van der Waals surface area contributed by atoms with Crippen molar-refractivity contribution < 1.29 is 18.0 Å². The van der Waals surface area contributed by atoms with Crippen molar-refractivity contribution in [3.8, 4) is 0 Å². The monoisotopic (exact) mass is 371 g/mol. The van der Waals surface area contributed by atoms with Crippen LogP contribution in [0.15, 0.2) is 59.9 Å². The van der Waals surface area contributed by atoms with Crippen LogP contribution >= 0.6 is 0 Å². The predicted molar refractivity (Wildman–Crippen MR) is 98.2 cm³/mol. The molecule has 2 aromatic carbocycles. The first-order valence-corrected chi connectivity index (χ1v) is 8.51. The molecule has 2 aliphatic rings. The zero-order valence-electron chi connectivity index (χ0n) is 14.3. The number of aliphatic imine (C=N–C) groups is 1. The molecule has 0 saturated carbocycles. The Kier molecular flexibility index (Phi) is 4.22. The van der Waals surface area contributed by atoms with Crippen molar-refractivity contribution in [2.45, 2.75) is 12.6 Å². The molecule has 0 radical (unpaired) electrons. The summed E-state index contributed by atoms with van der Waals surface area (Å²) >= 11 is 0. The molecule has 0 saturated heterocycles. The molecule has 0 aliphatic carbocycles. The SMILES string of the molecule is O=C1c2c(cccc2N2C=CN=CC2)CCN1c1cccc(C(F)(F)F)c1. The first-order valence-electron chi connectivity index (χ1n) is 8.51. The molecule has 7 heteroatoms. The summed E-state index contributed by atoms with van der Waals surface area (Å²) in [7, 11) is 0. The van der Waals surface area contributed by atoms with Crippen LogP contribution in [0, 0.1) is 0 Å². The summed E-state index contributed by atoms with van der Waals surface area (Å²) in [4.78, 5) is 20.6. The van der Waals surface area contributed by atoms with E-state index >= 15 is 0 Å². The van der Waals surface area contributed by atoms with Crippen LogP contribution in [0.3, 0.4) is 0 Å². The Morgan fingerprint density at radius 2 is 1.89 bits per heavy atom. The highest BCUT2D eigenvalue weighted by Gasteiger charge is 2.33. The van der Waals surface area contributed by atoms with Crippen LogP contribution in [0.1, 0.15) is 21.5 Å². The van der Waals surface area contributed by atoms with E-state index < -0.39 is 11.7 Å². The highest BCUT2D eigenvalue weighted by Crippen LogP contribution is 2.35. The number of anilines is 2. The molecule has 0 spiro atoms. The van der Waals surface area contributed by atoms with Gasteiger partial charge in [0.2, 0.25) is 0 Å². The molecule has 0 unspecified atom stereocenters. The second-order valence-electron chi connectivity index (χ2n) is 6.35. The lowest BCUT2D eigenvalue weighted by molar-refractivity contribution is -0.137. The van der Waals surface area contributed by atoms with Gasteiger partial charge in [-0.1, -0.05) is 18.2 Å². The number of halogens is 3. The van der Waals surface area contributed by atoms with Gasteiger partial charge >= 0.3 is 6.18 Å². The van der Waals surface area contributed by atoms with E-state index in [1.165, 1.54) is 17.0 Å². The second-order valence-corrected chi connectivity index (χ2v) is 6.35. The van der Waals surface area contributed by atoms with Crippen molar-refractivity contribution in [3.05, 3.63) is 71.6 Å². The van der Waals surface area contributed by atoms with Gasteiger partial charge < -0.3 is 9.80 Å². The van der Waals surface area contributed by atoms with Crippen molar-refractivity contribution in [2.24, 2.45) is 4.99 Å². The van der Waals surface area contributed by atoms with Crippen molar-refractivity contribution in [1.29, 1.82) is 0 Å². The van der Waals surface area contributed by atoms with Crippen molar-refractivity contribution in [2.75, 3.05) is 22.9 Å². The number of benzene rings is 2. The molecular formula is C20H16F3N3O. The molecule has 0 N–H and O–H groups in total. The normalized spacial score (nSPS) is 16.6. The Morgan fingerprint density at radius 1 is 1.07 bits per heavy atom. The smallest absolute Gasteiger partial charge is 0.340 e. The van der Waals surface area contributed by atoms with Gasteiger partial charge in [0.15, 0.2) is 0 Å². The summed E-state index contributed by atoms with van der Waals surface area (Å²) in [5, 5.41) is 0. The van der Waals surface area contributed by atoms with Crippen LogP contribution in [0.5, 0.6) is 0 Å². The number of alkyl halides is 3. The fourth-order valence-electron chi connectivity index (χ4n) is 3.40. The largest absolute Gasteiger partial charge is 0.416 e. The number of carbonyl (C=O) groups excluding carboxylic acids is 1. The van der Waals surface area contributed by atoms with Crippen LogP contribution in [-0.4, -0.2) is 25.2 Å². The Morgan fingerprint density at radius 3 is 2.63 bits per heavy atom. The molecule has 2 aliphatic heterocycles. The van der Waals surface area contributed by atoms with E-state index in [9.17, 15) is 18.0 Å². The van der Waals surface area contributed by atoms with Gasteiger partial charge in [0.25, 0.3) is 5.91 Å². The van der Waals surface area contributed by atoms with Gasteiger partial charge in [-0.2, -0.15) is 13.2 Å². The Hall–Kier alpha value is -3.09. The molecule has 0 atom stereocenters. The molecule has 4 rings (SSSR count). The fourth-order valence-corrected chi connectivity index (χ4v) is 3.40. The first-order chi connectivity index (χ1) is 12.9. The molecule has 0 fully saturated rings. The maximum atomic E-state index is 13.2. The van der Waals surface area contributed by atoms with Crippen molar-refractivity contribution >= 4 is 23.5 Å². The number of hydrogen-bond acceptors (Lipinski definition) is 3. The number of nitrogens with zero attached hydrogens (tertiary/aromatic N) is 3. The maximum absolute atomic E-state index is 13.2. The zero-order chi connectivity index (χ0) is 19.0. The molecule has 0 aromatic heterocycles. The lowest BCUT2D eigenvalue weighted by atomic mass is 9.96. The lowest BCUT2D eigenvalue weighted by Crippen LogP contribution is -2.39. The van der Waals surface area contributed by atoms with E-state index in [0.29, 0.717) is 25.1 Å². The van der Waals surface area contributed by atoms with Gasteiger partial charge in [-0.25, -0.2) is 0 Å². The van der Waals surface area contributed by atoms with E-state index in [2.05, 4.69) is 4.99 Å². The topological polar surface area (TPSA) is 35.9 Å². The van der Waals surface area contributed by atoms with Crippen LogP contribution in [0.4, 0.5) is 24.5 Å². The highest BCUT2D eigenvalue weighted by molar-refractivity contribution is 6.12. The number of rotatable bonds is 2. The van der Waals surface area contributed by atoms with E-state index in [-0.39, 0.29) is 11.6 Å². The molecule has 1 amide bonds. The zero-order valence-corrected chi connectivity index (χ0v) is 14.3. The van der Waals surface area contributed by atoms with Crippen LogP contribution in [0.2, 0.25) is 0 Å². The van der Waals surface area contributed by atoms with E-state index in [4.69, 9.17) is 0 Å². The van der Waals surface area contributed by atoms with Crippen LogP contribution in [0.25, 0.3) is 0 Å². The summed E-state index contributed by atoms with van der Waals surface area (Å²) in [6, 6.07) is 10.5. The second kappa shape index (κ2) is 6.57. The summed E-state index contributed by atoms with van der Waals surface area (Å²) in [5.74, 6) is -0.290. The van der Waals surface area contributed by atoms with Crippen molar-refractivity contribution in [1.82, 2.24) is 0 Å². The Labute approximate surface area is 154 Å². The van der Waals surface area contributed by atoms with Crippen molar-refractivity contribution in [3.63, 3.8) is 0 Å². The van der Waals surface area contributed by atoms with Crippen LogP contribution in [-0.2, 0) is 12.6 Å². The standard InChI is InChI=1S/C20H16F3N3O/c21-20(22,23)15-4-2-5-16(13-15)26-10-7-14-3-1-6-17(18(14)19(26)27)25-11-8-24-9-12-25/h1-6,8-9,11,13H,7,10,12H2. The average molecular weight is 371 g/mol. The van der Waals surface area contributed by atoms with E-state index in [0.717, 1.165) is 23.4 Å². The Balaban J connectivity index is 1.73. The molecule has 2 heterocycles. The average Bonchev–Trinajstić information content (AvgIpc) is 2.68. The van der Waals surface area contributed by atoms with Gasteiger partial charge in [0, 0.05) is 30.8 Å². The minimum Gasteiger partial charge on any atom is -0.340 e. The molecule has 27 heavy (non-hydrogen) atoms. The number of carbonyl (C=O) groups is 1. The van der Waals surface area contributed by atoms with Gasteiger partial charge in [0.05, 0.1) is 23.4 Å². The molecule has 138 valence electrons. The fraction of sp³-hybridized carbons (Fsp3) is 0.200. The number of hydrogen-bond donors (Lipinski definition) is 0. The summed E-state index contributed by atoms with van der Waals surface area (Å²) in [5.41, 5.74) is 1.66. The molecule has 4 nitrogen and oxygen atoms in total. The van der Waals surface area contributed by atoms with E-state index in [1.807, 2.05) is 23.1 Å². The van der Waals surface area contributed by atoms with Gasteiger partial charge in [0.1, 0.15) is 0 Å². The molecular weight excluding hydrogens is 355 g/mol. The maximum Gasteiger partial charge on any atom is 0.416 e. The van der Waals surface area contributed by atoms with Gasteiger partial charge in [-0.05, 0) is 36.2 Å². The summed E-state index contributed by atoms with van der Waals surface area (Å²) < 4.78 is 39.1. The molecule has 2 aromatic rings. The number of fused-ring (bicyclic) bond motifs is 1. The summed E-state index contributed by atoms with van der Waals surface area (Å²) in [6.07, 6.45) is 1.29. The lowest BCUT2D eigenvalue weighted by Gasteiger charge is -2.32. The first kappa shape index (κ1) is 17.3. The highest BCUT2D eigenvalue weighted by atomic mass is 19.4. The quantitative estimate of drug-likeness (QED) is 0.790. The minimum atomic E-state index is -4.45. The van der Waals surface area contributed by atoms with Crippen LogP contribution < -0.4 is 9.80 Å². The number of amides is 1. The molecule has 0 bridgehead atoms. The summed E-state index contributed by atoms with van der Waals surface area (Å²) in [6.45, 7) is 0.873. The van der Waals surface area contributed by atoms with Gasteiger partial charge in [-0.15, -0.1) is 0 Å². The third-order valence-corrected chi connectivity index (χ3v) is 4.70. The van der Waals surface area contributed by atoms with E-state index in [1.54, 1.807) is 18.6 Å². The minimum absolute atomic E-state index is 0.256. The third-order valence-electron chi connectivity index (χ3n) is 4.70. The predicted octanol–water partition coefficient (Wildman–Crippen LogP) is 4.27. The van der Waals surface area contributed by atoms with Gasteiger partial charge in [-0.3, -0.25) is 9.79 Å². The Bertz CT molecular complexity index is 950. The third kappa shape index (κ3) is 3.20.